The molecule has 7 heteroatoms. The first-order valence-electron chi connectivity index (χ1n) is 7.00. The maximum absolute atomic E-state index is 11.9. The van der Waals surface area contributed by atoms with Gasteiger partial charge < -0.3 is 4.74 Å². The van der Waals surface area contributed by atoms with Gasteiger partial charge >= 0.3 is 0 Å². The zero-order valence-electron chi connectivity index (χ0n) is 13.2. The molecule has 0 fully saturated rings. The lowest BCUT2D eigenvalue weighted by molar-refractivity contribution is -0.133. The summed E-state index contributed by atoms with van der Waals surface area (Å²) in [5, 5.41) is 0. The lowest BCUT2D eigenvalue weighted by Crippen LogP contribution is -2.50. The first-order chi connectivity index (χ1) is 10.3. The fraction of sp³-hybridized carbons (Fsp3) is 0.467. The van der Waals surface area contributed by atoms with E-state index in [1.54, 1.807) is 19.1 Å². The van der Waals surface area contributed by atoms with Crippen molar-refractivity contribution in [2.45, 2.75) is 32.9 Å². The predicted octanol–water partition coefficient (Wildman–Crippen LogP) is 1.70. The van der Waals surface area contributed by atoms with Crippen LogP contribution in [0.25, 0.3) is 0 Å². The molecule has 2 amide bonds. The summed E-state index contributed by atoms with van der Waals surface area (Å²) in [6.45, 7) is 5.79. The fourth-order valence-electron chi connectivity index (χ4n) is 1.48. The van der Waals surface area contributed by atoms with Crippen molar-refractivity contribution in [3.8, 4) is 5.75 Å². The van der Waals surface area contributed by atoms with E-state index < -0.39 is 12.0 Å². The van der Waals surface area contributed by atoms with E-state index in [0.29, 0.717) is 5.75 Å². The molecule has 0 aliphatic heterocycles. The van der Waals surface area contributed by atoms with Crippen molar-refractivity contribution >= 4 is 27.7 Å². The molecule has 0 radical (unpaired) electrons. The Morgan fingerprint density at radius 3 is 2.55 bits per heavy atom. The van der Waals surface area contributed by atoms with Crippen LogP contribution in [0.2, 0.25) is 0 Å². The Balaban J connectivity index is 2.40. The molecular weight excluding hydrogens is 350 g/mol. The molecule has 1 rings (SSSR count). The third-order valence-electron chi connectivity index (χ3n) is 3.08. The van der Waals surface area contributed by atoms with E-state index in [0.717, 1.165) is 4.47 Å². The number of carbonyl (C=O) groups excluding carboxylic acids is 2. The molecule has 6 nitrogen and oxygen atoms in total. The molecule has 1 aromatic carbocycles. The molecule has 22 heavy (non-hydrogen) atoms. The minimum atomic E-state index is -0.725. The number of nitrogens with one attached hydrogen (secondary N) is 2. The molecule has 1 unspecified atom stereocenters. The first kappa shape index (κ1) is 18.4. The van der Waals surface area contributed by atoms with Gasteiger partial charge in [0.2, 0.25) is 0 Å². The van der Waals surface area contributed by atoms with E-state index in [9.17, 15) is 9.59 Å². The van der Waals surface area contributed by atoms with Crippen LogP contribution >= 0.6 is 15.9 Å². The van der Waals surface area contributed by atoms with Gasteiger partial charge in [-0.15, -0.1) is 0 Å². The zero-order valence-corrected chi connectivity index (χ0v) is 14.8. The molecule has 0 saturated carbocycles. The third-order valence-corrected chi connectivity index (χ3v) is 3.57. The molecule has 0 aromatic heterocycles. The summed E-state index contributed by atoms with van der Waals surface area (Å²) >= 11 is 3.33. The second kappa shape index (κ2) is 8.75. The Kier molecular flexibility index (Phi) is 7.34. The van der Waals surface area contributed by atoms with Crippen molar-refractivity contribution in [2.24, 2.45) is 0 Å². The largest absolute Gasteiger partial charge is 0.481 e. The zero-order chi connectivity index (χ0) is 16.7. The van der Waals surface area contributed by atoms with Crippen molar-refractivity contribution in [3.05, 3.63) is 28.7 Å². The lowest BCUT2D eigenvalue weighted by Gasteiger charge is -2.20. The van der Waals surface area contributed by atoms with E-state index in [2.05, 4.69) is 26.8 Å². The van der Waals surface area contributed by atoms with E-state index in [4.69, 9.17) is 4.74 Å². The molecule has 0 saturated heterocycles. The average Bonchev–Trinajstić information content (AvgIpc) is 2.44. The number of benzene rings is 1. The summed E-state index contributed by atoms with van der Waals surface area (Å²) in [5.41, 5.74) is 4.74. The summed E-state index contributed by atoms with van der Waals surface area (Å²) in [6.07, 6.45) is -0.725. The van der Waals surface area contributed by atoms with Crippen LogP contribution in [0, 0.1) is 0 Å². The first-order valence-corrected chi connectivity index (χ1v) is 7.80. The van der Waals surface area contributed by atoms with Crippen LogP contribution in [0.1, 0.15) is 20.8 Å². The van der Waals surface area contributed by atoms with Gasteiger partial charge in [-0.3, -0.25) is 25.3 Å². The third kappa shape index (κ3) is 6.44. The van der Waals surface area contributed by atoms with Crippen LogP contribution in [-0.4, -0.2) is 42.5 Å². The number of likely N-dealkylation sites (N-methyl/N-ethyl adjacent to an activating group) is 1. The monoisotopic (exact) mass is 371 g/mol. The summed E-state index contributed by atoms with van der Waals surface area (Å²) in [4.78, 5) is 25.4. The molecule has 0 heterocycles. The van der Waals surface area contributed by atoms with Crippen LogP contribution in [0.4, 0.5) is 0 Å². The standard InChI is InChI=1S/C15H22BrN3O3/c1-10(2)19(4)9-14(20)17-18-15(21)11(3)22-13-7-5-6-12(16)8-13/h5-8,10-11H,9H2,1-4H3,(H,17,20)(H,18,21). The minimum Gasteiger partial charge on any atom is -0.481 e. The number of hydrogen-bond donors (Lipinski definition) is 2. The molecule has 0 spiro atoms. The maximum Gasteiger partial charge on any atom is 0.279 e. The summed E-state index contributed by atoms with van der Waals surface area (Å²) < 4.78 is 6.37. The normalized spacial score (nSPS) is 12.1. The van der Waals surface area contributed by atoms with Crippen molar-refractivity contribution in [3.63, 3.8) is 0 Å². The van der Waals surface area contributed by atoms with E-state index in [1.165, 1.54) is 0 Å². The average molecular weight is 372 g/mol. The second-order valence-electron chi connectivity index (χ2n) is 5.26. The summed E-state index contributed by atoms with van der Waals surface area (Å²) in [6, 6.07) is 7.45. The molecule has 1 atom stereocenters. The molecule has 0 aliphatic rings. The maximum atomic E-state index is 11.9. The van der Waals surface area contributed by atoms with Crippen molar-refractivity contribution in [2.75, 3.05) is 13.6 Å². The highest BCUT2D eigenvalue weighted by atomic mass is 79.9. The number of carbonyl (C=O) groups is 2. The van der Waals surface area contributed by atoms with Gasteiger partial charge in [-0.05, 0) is 46.0 Å². The molecular formula is C15H22BrN3O3. The van der Waals surface area contributed by atoms with Gasteiger partial charge in [0.25, 0.3) is 11.8 Å². The summed E-state index contributed by atoms with van der Waals surface area (Å²) in [5.74, 6) is -0.123. The highest BCUT2D eigenvalue weighted by Gasteiger charge is 2.16. The summed E-state index contributed by atoms with van der Waals surface area (Å²) in [7, 11) is 1.84. The van der Waals surface area contributed by atoms with Gasteiger partial charge in [0.1, 0.15) is 5.75 Å². The Morgan fingerprint density at radius 2 is 1.95 bits per heavy atom. The van der Waals surface area contributed by atoms with E-state index in [1.807, 2.05) is 37.9 Å². The molecule has 122 valence electrons. The lowest BCUT2D eigenvalue weighted by atomic mass is 10.3. The van der Waals surface area contributed by atoms with Gasteiger partial charge in [-0.2, -0.15) is 0 Å². The number of amides is 2. The van der Waals surface area contributed by atoms with Gasteiger partial charge in [-0.1, -0.05) is 22.0 Å². The van der Waals surface area contributed by atoms with Crippen molar-refractivity contribution < 1.29 is 14.3 Å². The topological polar surface area (TPSA) is 70.7 Å². The molecule has 0 aliphatic carbocycles. The van der Waals surface area contributed by atoms with Crippen molar-refractivity contribution in [1.82, 2.24) is 15.8 Å². The second-order valence-corrected chi connectivity index (χ2v) is 6.18. The smallest absolute Gasteiger partial charge is 0.279 e. The van der Waals surface area contributed by atoms with Gasteiger partial charge in [0.05, 0.1) is 6.54 Å². The van der Waals surface area contributed by atoms with Crippen LogP contribution in [0.15, 0.2) is 28.7 Å². The van der Waals surface area contributed by atoms with Gasteiger partial charge in [0, 0.05) is 10.5 Å². The van der Waals surface area contributed by atoms with Crippen molar-refractivity contribution in [1.29, 1.82) is 0 Å². The molecule has 0 bridgehead atoms. The van der Waals surface area contributed by atoms with Crippen LogP contribution in [-0.2, 0) is 9.59 Å². The number of nitrogens with zero attached hydrogens (tertiary/aromatic N) is 1. The highest BCUT2D eigenvalue weighted by Crippen LogP contribution is 2.18. The number of rotatable bonds is 6. The Hall–Kier alpha value is -1.60. The van der Waals surface area contributed by atoms with E-state index >= 15 is 0 Å². The molecule has 2 N–H and O–H groups in total. The SMILES string of the molecule is CC(Oc1cccc(Br)c1)C(=O)NNC(=O)CN(C)C(C)C. The van der Waals surface area contributed by atoms with E-state index in [-0.39, 0.29) is 18.5 Å². The number of halogens is 1. The Bertz CT molecular complexity index is 523. The van der Waals surface area contributed by atoms with Crippen LogP contribution in [0.5, 0.6) is 5.75 Å². The Labute approximate surface area is 139 Å². The number of hydrazine groups is 1. The Morgan fingerprint density at radius 1 is 1.27 bits per heavy atom. The highest BCUT2D eigenvalue weighted by molar-refractivity contribution is 9.10. The fourth-order valence-corrected chi connectivity index (χ4v) is 1.86. The minimum absolute atomic E-state index is 0.207. The van der Waals surface area contributed by atoms with Gasteiger partial charge in [0.15, 0.2) is 6.10 Å². The van der Waals surface area contributed by atoms with Gasteiger partial charge in [-0.25, -0.2) is 0 Å². The predicted molar refractivity (Wildman–Crippen MR) is 88.3 cm³/mol. The quantitative estimate of drug-likeness (QED) is 0.746. The number of hydrogen-bond acceptors (Lipinski definition) is 4. The number of ether oxygens (including phenoxy) is 1. The van der Waals surface area contributed by atoms with Crippen LogP contribution in [0.3, 0.4) is 0 Å². The molecule has 1 aromatic rings. The van der Waals surface area contributed by atoms with Crippen LogP contribution < -0.4 is 15.6 Å².